The summed E-state index contributed by atoms with van der Waals surface area (Å²) in [4.78, 5) is 73.7. The predicted octanol–water partition coefficient (Wildman–Crippen LogP) is 8.25. The largest absolute Gasteiger partial charge is 0.488 e. The fourth-order valence-electron chi connectivity index (χ4n) is 10.6. The highest BCUT2D eigenvalue weighted by Gasteiger charge is 2.49. The van der Waals surface area contributed by atoms with E-state index in [4.69, 9.17) is 24.2 Å². The molecule has 4 aliphatic rings. The van der Waals surface area contributed by atoms with Crippen molar-refractivity contribution < 1.29 is 33.4 Å². The first-order valence-corrected chi connectivity index (χ1v) is 22.2. The van der Waals surface area contributed by atoms with Crippen LogP contribution in [0.1, 0.15) is 93.3 Å². The molecule has 4 N–H and O–H groups in total. The lowest BCUT2D eigenvalue weighted by Gasteiger charge is -2.33. The van der Waals surface area contributed by atoms with Gasteiger partial charge in [-0.05, 0) is 95.8 Å². The van der Waals surface area contributed by atoms with E-state index in [9.17, 15) is 19.2 Å². The van der Waals surface area contributed by atoms with Gasteiger partial charge in [0.2, 0.25) is 5.91 Å². The fraction of sp³-hybridized carbons (Fsp3) is 0.388. The van der Waals surface area contributed by atoms with Crippen molar-refractivity contribution in [3.8, 4) is 28.1 Å². The molecule has 3 fully saturated rings. The van der Waals surface area contributed by atoms with E-state index in [1.165, 1.54) is 14.2 Å². The summed E-state index contributed by atoms with van der Waals surface area (Å²) in [6.07, 6.45) is 5.96. The number of carbonyl (C=O) groups excluding carboxylic acids is 4. The summed E-state index contributed by atoms with van der Waals surface area (Å²) in [5, 5.41) is 7.54. The summed E-state index contributed by atoms with van der Waals surface area (Å²) in [5.41, 5.74) is 7.29. The van der Waals surface area contributed by atoms with Crippen LogP contribution in [0, 0.1) is 11.8 Å². The molecular formula is C49H52N8O7. The number of methoxy groups -OCH3 is 2. The average molecular weight is 865 g/mol. The molecule has 1 saturated carbocycles. The van der Waals surface area contributed by atoms with Crippen molar-refractivity contribution in [3.05, 3.63) is 102 Å². The predicted molar refractivity (Wildman–Crippen MR) is 239 cm³/mol. The Labute approximate surface area is 370 Å². The molecule has 0 radical (unpaired) electrons. The third-order valence-corrected chi connectivity index (χ3v) is 13.8. The Balaban J connectivity index is 0.906. The molecule has 4 amide bonds. The van der Waals surface area contributed by atoms with Crippen molar-refractivity contribution in [2.45, 2.75) is 89.2 Å². The van der Waals surface area contributed by atoms with Gasteiger partial charge in [0, 0.05) is 23.5 Å². The van der Waals surface area contributed by atoms with Crippen LogP contribution in [-0.2, 0) is 25.7 Å². The van der Waals surface area contributed by atoms with Gasteiger partial charge in [0.1, 0.15) is 36.1 Å². The van der Waals surface area contributed by atoms with Gasteiger partial charge in [-0.3, -0.25) is 9.59 Å². The number of likely N-dealkylation sites (tertiary alicyclic amines) is 2. The number of benzene rings is 4. The molecule has 6 atom stereocenters. The molecule has 2 saturated heterocycles. The Bertz CT molecular complexity index is 2780. The Morgan fingerprint density at radius 2 is 1.64 bits per heavy atom. The van der Waals surface area contributed by atoms with Gasteiger partial charge in [-0.2, -0.15) is 0 Å². The molecule has 0 bridgehead atoms. The Hall–Kier alpha value is -6.90. The van der Waals surface area contributed by atoms with Gasteiger partial charge in [0.15, 0.2) is 0 Å². The molecule has 4 aromatic carbocycles. The normalized spacial score (nSPS) is 21.0. The number of aromatic amines is 2. The summed E-state index contributed by atoms with van der Waals surface area (Å²) in [7, 11) is 2.59. The highest BCUT2D eigenvalue weighted by molar-refractivity contribution is 6.07. The Morgan fingerprint density at radius 3 is 2.44 bits per heavy atom. The average Bonchev–Trinajstić information content (AvgIpc) is 4.17. The van der Waals surface area contributed by atoms with Gasteiger partial charge in [-0.15, -0.1) is 0 Å². The van der Waals surface area contributed by atoms with Crippen molar-refractivity contribution in [2.24, 2.45) is 11.8 Å². The van der Waals surface area contributed by atoms with E-state index in [0.717, 1.165) is 99.9 Å². The first kappa shape index (κ1) is 41.1. The molecule has 330 valence electrons. The number of nitrogens with zero attached hydrogens (tertiary/aromatic N) is 4. The van der Waals surface area contributed by atoms with Crippen molar-refractivity contribution >= 4 is 45.8 Å². The van der Waals surface area contributed by atoms with Crippen LogP contribution in [0.25, 0.3) is 44.2 Å². The minimum Gasteiger partial charge on any atom is -0.488 e. The van der Waals surface area contributed by atoms with Crippen LogP contribution in [0.5, 0.6) is 5.75 Å². The van der Waals surface area contributed by atoms with Gasteiger partial charge in [-0.25, -0.2) is 19.6 Å². The number of hydrogen-bond donors (Lipinski definition) is 4. The number of imidazole rings is 2. The Kier molecular flexibility index (Phi) is 10.7. The Morgan fingerprint density at radius 1 is 0.828 bits per heavy atom. The number of alkyl carbamates (subject to hydrolysis) is 2. The molecule has 2 unspecified atom stereocenters. The molecule has 0 spiro atoms. The maximum atomic E-state index is 14.3. The highest BCUT2D eigenvalue weighted by Crippen LogP contribution is 2.49. The molecule has 10 rings (SSSR count). The summed E-state index contributed by atoms with van der Waals surface area (Å²) in [6, 6.07) is 21.9. The number of H-pyrrole nitrogens is 2. The molecule has 6 aromatic rings. The molecule has 1 aliphatic carbocycles. The van der Waals surface area contributed by atoms with Gasteiger partial charge < -0.3 is 44.6 Å². The zero-order chi connectivity index (χ0) is 44.2. The minimum absolute atomic E-state index is 0.0987. The first-order valence-electron chi connectivity index (χ1n) is 22.2. The zero-order valence-corrected chi connectivity index (χ0v) is 36.4. The second-order valence-corrected chi connectivity index (χ2v) is 17.8. The van der Waals surface area contributed by atoms with Crippen molar-refractivity contribution in [3.63, 3.8) is 0 Å². The number of ether oxygens (including phenoxy) is 3. The minimum atomic E-state index is -0.894. The third-order valence-electron chi connectivity index (χ3n) is 13.8. The summed E-state index contributed by atoms with van der Waals surface area (Å²) in [6.45, 7) is 4.79. The molecule has 2 aromatic heterocycles. The van der Waals surface area contributed by atoms with Crippen LogP contribution in [0.3, 0.4) is 0 Å². The maximum absolute atomic E-state index is 14.3. The monoisotopic (exact) mass is 864 g/mol. The number of aromatic nitrogens is 4. The van der Waals surface area contributed by atoms with E-state index < -0.39 is 24.3 Å². The number of nitrogens with one attached hydrogen (secondary N) is 4. The van der Waals surface area contributed by atoms with E-state index in [2.05, 4.69) is 57.0 Å². The zero-order valence-electron chi connectivity index (χ0n) is 36.4. The lowest BCUT2D eigenvalue weighted by Crippen LogP contribution is -2.53. The molecule has 64 heavy (non-hydrogen) atoms. The van der Waals surface area contributed by atoms with Gasteiger partial charge in [-0.1, -0.05) is 68.8 Å². The number of amides is 4. The van der Waals surface area contributed by atoms with Crippen LogP contribution in [0.2, 0.25) is 0 Å². The van der Waals surface area contributed by atoms with Crippen LogP contribution in [0.4, 0.5) is 9.59 Å². The van der Waals surface area contributed by atoms with E-state index in [0.29, 0.717) is 30.5 Å². The van der Waals surface area contributed by atoms with Crippen molar-refractivity contribution in [2.75, 3.05) is 20.8 Å². The van der Waals surface area contributed by atoms with Crippen LogP contribution >= 0.6 is 0 Å². The van der Waals surface area contributed by atoms with Crippen LogP contribution in [0.15, 0.2) is 79.0 Å². The number of fused-ring (bicyclic) bond motifs is 7. The second kappa shape index (κ2) is 16.7. The third kappa shape index (κ3) is 7.25. The van der Waals surface area contributed by atoms with E-state index in [1.54, 1.807) is 4.90 Å². The molecule has 3 aliphatic heterocycles. The topological polar surface area (TPSA) is 184 Å². The van der Waals surface area contributed by atoms with Gasteiger partial charge >= 0.3 is 12.2 Å². The SMILES string of the molecule is COC(=O)N[C@H](C(=O)N1C(c2nc3ccc4cc5c(cc4c3[nH]2)OCc2cc(-c3cnc(C4CCCN4C(=O)[C@H](NC(=O)OC)c4ccccc4)[nH]3)ccc2-5)C[C@@H]2CCC[C@@H]21)C(C)C. The van der Waals surface area contributed by atoms with E-state index >= 15 is 0 Å². The number of hydrogen-bond acceptors (Lipinski definition) is 9. The highest BCUT2D eigenvalue weighted by atomic mass is 16.5. The first-order chi connectivity index (χ1) is 31.1. The lowest BCUT2D eigenvalue weighted by molar-refractivity contribution is -0.138. The van der Waals surface area contributed by atoms with Crippen molar-refractivity contribution in [1.82, 2.24) is 40.4 Å². The molecule has 5 heterocycles. The fourth-order valence-corrected chi connectivity index (χ4v) is 10.6. The van der Waals surface area contributed by atoms with E-state index in [-0.39, 0.29) is 35.9 Å². The lowest BCUT2D eigenvalue weighted by atomic mass is 9.92. The second-order valence-electron chi connectivity index (χ2n) is 17.8. The van der Waals surface area contributed by atoms with Gasteiger partial charge in [0.05, 0.1) is 49.2 Å². The standard InChI is InChI=1S/C49H52N8O7/c1-26(2)41(54-48(60)62-3)47(59)57-37-13-8-12-30(37)22-39(57)45-51-35-18-16-28-21-34-32-17-15-29(20-31(32)25-64-40(34)23-33(28)43(35)53-45)36-24-50-44(52-36)38-14-9-19-56(38)46(58)42(55-49(61)63-4)27-10-6-5-7-11-27/h5-7,10-11,15-18,20-21,23-24,26,30,37-39,41-42H,8-9,12-14,19,22,25H2,1-4H3,(H,50,52)(H,51,53)(H,54,60)(H,55,61)/t30-,37-,38?,39?,41-,42+/m0/s1. The molecule has 15 heteroatoms. The summed E-state index contributed by atoms with van der Waals surface area (Å²) >= 11 is 0. The van der Waals surface area contributed by atoms with Crippen LogP contribution < -0.4 is 15.4 Å². The maximum Gasteiger partial charge on any atom is 0.407 e. The summed E-state index contributed by atoms with van der Waals surface area (Å²) in [5.74, 6) is 2.16. The quantitative estimate of drug-likeness (QED) is 0.111. The number of carbonyl (C=O) groups is 4. The van der Waals surface area contributed by atoms with Crippen molar-refractivity contribution in [1.29, 1.82) is 0 Å². The smallest absolute Gasteiger partial charge is 0.407 e. The molecule has 15 nitrogen and oxygen atoms in total. The number of rotatable bonds is 9. The summed E-state index contributed by atoms with van der Waals surface area (Å²) < 4.78 is 16.2. The van der Waals surface area contributed by atoms with Crippen LogP contribution in [-0.4, -0.2) is 86.6 Å². The van der Waals surface area contributed by atoms with E-state index in [1.807, 2.05) is 61.3 Å². The molecular weight excluding hydrogens is 813 g/mol. The van der Waals surface area contributed by atoms with Gasteiger partial charge in [0.25, 0.3) is 5.91 Å².